The van der Waals surface area contributed by atoms with Crippen molar-refractivity contribution >= 4 is 34.7 Å². The van der Waals surface area contributed by atoms with Crippen molar-refractivity contribution in [1.29, 1.82) is 0 Å². The van der Waals surface area contributed by atoms with Crippen LogP contribution < -0.4 is 10.5 Å². The number of amides is 2. The first-order chi connectivity index (χ1) is 18.0. The van der Waals surface area contributed by atoms with Crippen LogP contribution in [0.5, 0.6) is 5.75 Å². The van der Waals surface area contributed by atoms with Gasteiger partial charge in [0.1, 0.15) is 11.3 Å². The van der Waals surface area contributed by atoms with Crippen LogP contribution in [0.3, 0.4) is 0 Å². The average Bonchev–Trinajstić information content (AvgIpc) is 3.31. The number of morpholine rings is 1. The lowest BCUT2D eigenvalue weighted by Gasteiger charge is -2.26. The summed E-state index contributed by atoms with van der Waals surface area (Å²) in [5.41, 5.74) is 9.16. The summed E-state index contributed by atoms with van der Waals surface area (Å²) in [7, 11) is 0. The van der Waals surface area contributed by atoms with E-state index in [0.717, 1.165) is 17.0 Å². The molecule has 37 heavy (non-hydrogen) atoms. The minimum Gasteiger partial charge on any atom is -0.494 e. The molecule has 0 unspecified atom stereocenters. The van der Waals surface area contributed by atoms with Gasteiger partial charge in [-0.15, -0.1) is 0 Å². The van der Waals surface area contributed by atoms with Gasteiger partial charge in [-0.3, -0.25) is 14.2 Å². The molecule has 1 saturated heterocycles. The van der Waals surface area contributed by atoms with Crippen molar-refractivity contribution in [2.45, 2.75) is 12.1 Å². The Morgan fingerprint density at radius 2 is 1.78 bits per heavy atom. The van der Waals surface area contributed by atoms with Crippen LogP contribution in [0.4, 0.5) is 0 Å². The zero-order valence-corrected chi connectivity index (χ0v) is 21.2. The number of hydrogen-bond acceptors (Lipinski definition) is 7. The van der Waals surface area contributed by atoms with Gasteiger partial charge in [0.15, 0.2) is 10.8 Å². The van der Waals surface area contributed by atoms with Crippen molar-refractivity contribution in [3.05, 3.63) is 66.2 Å². The van der Waals surface area contributed by atoms with E-state index in [1.165, 1.54) is 11.8 Å². The Kier molecular flexibility index (Phi) is 7.38. The third kappa shape index (κ3) is 5.30. The van der Waals surface area contributed by atoms with Gasteiger partial charge in [0, 0.05) is 24.3 Å². The summed E-state index contributed by atoms with van der Waals surface area (Å²) in [6.07, 6.45) is 0. The zero-order chi connectivity index (χ0) is 25.8. The lowest BCUT2D eigenvalue weighted by Crippen LogP contribution is -2.41. The van der Waals surface area contributed by atoms with Crippen molar-refractivity contribution in [3.63, 3.8) is 0 Å². The first-order valence-corrected chi connectivity index (χ1v) is 13.0. The van der Waals surface area contributed by atoms with E-state index in [-0.39, 0.29) is 17.2 Å². The number of primary amides is 1. The fraction of sp³-hybridized carbons (Fsp3) is 0.259. The molecule has 1 fully saturated rings. The minimum atomic E-state index is -0.599. The lowest BCUT2D eigenvalue weighted by atomic mass is 10.1. The third-order valence-corrected chi connectivity index (χ3v) is 6.94. The van der Waals surface area contributed by atoms with Crippen LogP contribution in [0.25, 0.3) is 28.1 Å². The number of fused-ring (bicyclic) bond motifs is 1. The number of aromatic nitrogens is 3. The molecule has 1 aliphatic heterocycles. The Bertz CT molecular complexity index is 1420. The van der Waals surface area contributed by atoms with Gasteiger partial charge in [-0.1, -0.05) is 30.0 Å². The number of benzene rings is 2. The first-order valence-electron chi connectivity index (χ1n) is 12.1. The molecule has 3 heterocycles. The van der Waals surface area contributed by atoms with Crippen molar-refractivity contribution in [3.8, 4) is 22.7 Å². The number of para-hydroxylation sites is 1. The SMILES string of the molecule is CCOc1ccc(-c2cc(C(N)=O)c3nc(SCC(=O)N4CCOCC4)n(-c4ccccc4)c3n2)cc1. The van der Waals surface area contributed by atoms with E-state index in [4.69, 9.17) is 25.2 Å². The molecule has 0 spiro atoms. The van der Waals surface area contributed by atoms with Crippen LogP contribution in [-0.2, 0) is 9.53 Å². The number of rotatable bonds is 8. The van der Waals surface area contributed by atoms with Crippen molar-refractivity contribution in [2.75, 3.05) is 38.7 Å². The van der Waals surface area contributed by atoms with Crippen LogP contribution in [0.15, 0.2) is 65.8 Å². The molecule has 1 aliphatic rings. The van der Waals surface area contributed by atoms with Gasteiger partial charge >= 0.3 is 0 Å². The van der Waals surface area contributed by atoms with Crippen LogP contribution >= 0.6 is 11.8 Å². The molecule has 2 aromatic carbocycles. The van der Waals surface area contributed by atoms with Crippen molar-refractivity contribution in [1.82, 2.24) is 19.4 Å². The number of ether oxygens (including phenoxy) is 2. The molecule has 5 rings (SSSR count). The Morgan fingerprint density at radius 3 is 2.46 bits per heavy atom. The second-order valence-corrected chi connectivity index (χ2v) is 9.34. The molecule has 10 heteroatoms. The van der Waals surface area contributed by atoms with Crippen LogP contribution in [0, 0.1) is 0 Å². The summed E-state index contributed by atoms with van der Waals surface area (Å²) in [6, 6.07) is 18.8. The maximum atomic E-state index is 12.8. The number of nitrogens with zero attached hydrogens (tertiary/aromatic N) is 4. The standard InChI is InChI=1S/C27H27N5O4S/c1-2-36-20-10-8-18(9-11-20)22-16-21(25(28)34)24-26(29-22)32(19-6-4-3-5-7-19)27(30-24)37-17-23(33)31-12-14-35-15-13-31/h3-11,16H,2,12-15,17H2,1H3,(H2,28,34). The van der Waals surface area contributed by atoms with E-state index in [1.807, 2.05) is 66.1 Å². The number of thioether (sulfide) groups is 1. The van der Waals surface area contributed by atoms with Crippen molar-refractivity contribution < 1.29 is 19.1 Å². The van der Waals surface area contributed by atoms with Gasteiger partial charge in [0.2, 0.25) is 5.91 Å². The molecular formula is C27H27N5O4S. The first kappa shape index (κ1) is 24.8. The van der Waals surface area contributed by atoms with E-state index < -0.39 is 5.91 Å². The average molecular weight is 518 g/mol. The smallest absolute Gasteiger partial charge is 0.251 e. The van der Waals surface area contributed by atoms with Gasteiger partial charge in [-0.2, -0.15) is 0 Å². The molecule has 4 aromatic rings. The Labute approximate surface area is 218 Å². The third-order valence-electron chi connectivity index (χ3n) is 6.01. The summed E-state index contributed by atoms with van der Waals surface area (Å²) in [6.45, 7) is 4.73. The van der Waals surface area contributed by atoms with Crippen LogP contribution in [-0.4, -0.2) is 69.9 Å². The van der Waals surface area contributed by atoms with E-state index >= 15 is 0 Å². The number of carbonyl (C=O) groups excluding carboxylic acids is 2. The molecule has 0 radical (unpaired) electrons. The molecule has 2 aromatic heterocycles. The number of pyridine rings is 1. The van der Waals surface area contributed by atoms with Gasteiger partial charge in [0.25, 0.3) is 5.91 Å². The second kappa shape index (κ2) is 11.0. The van der Waals surface area contributed by atoms with Crippen LogP contribution in [0.1, 0.15) is 17.3 Å². The number of nitrogens with two attached hydrogens (primary N) is 1. The van der Waals surface area contributed by atoms with E-state index in [1.54, 1.807) is 11.0 Å². The molecule has 2 amide bonds. The fourth-order valence-electron chi connectivity index (χ4n) is 4.19. The molecule has 0 atom stereocenters. The molecule has 2 N–H and O–H groups in total. The molecule has 9 nitrogen and oxygen atoms in total. The molecule has 0 aliphatic carbocycles. The number of imidazole rings is 1. The Balaban J connectivity index is 1.59. The summed E-state index contributed by atoms with van der Waals surface area (Å²) < 4.78 is 12.8. The highest BCUT2D eigenvalue weighted by atomic mass is 32.2. The summed E-state index contributed by atoms with van der Waals surface area (Å²) in [5, 5.41) is 0.557. The highest BCUT2D eigenvalue weighted by molar-refractivity contribution is 7.99. The Hall–Kier alpha value is -3.89. The minimum absolute atomic E-state index is 0.0122. The second-order valence-electron chi connectivity index (χ2n) is 8.40. The van der Waals surface area contributed by atoms with E-state index in [0.29, 0.717) is 54.9 Å². The predicted molar refractivity (Wildman–Crippen MR) is 142 cm³/mol. The van der Waals surface area contributed by atoms with Crippen LogP contribution in [0.2, 0.25) is 0 Å². The highest BCUT2D eigenvalue weighted by Gasteiger charge is 2.23. The van der Waals surface area contributed by atoms with Gasteiger partial charge < -0.3 is 20.1 Å². The summed E-state index contributed by atoms with van der Waals surface area (Å²) in [5.74, 6) is 0.366. The van der Waals surface area contributed by atoms with E-state index in [9.17, 15) is 9.59 Å². The largest absolute Gasteiger partial charge is 0.494 e. The van der Waals surface area contributed by atoms with E-state index in [2.05, 4.69) is 0 Å². The van der Waals surface area contributed by atoms with Gasteiger partial charge in [-0.05, 0) is 49.4 Å². The maximum absolute atomic E-state index is 12.8. The fourth-order valence-corrected chi connectivity index (χ4v) is 5.10. The predicted octanol–water partition coefficient (Wildman–Crippen LogP) is 3.54. The normalized spacial score (nSPS) is 13.6. The highest BCUT2D eigenvalue weighted by Crippen LogP contribution is 2.32. The monoisotopic (exact) mass is 517 g/mol. The van der Waals surface area contributed by atoms with Gasteiger partial charge in [0.05, 0.1) is 36.8 Å². The topological polar surface area (TPSA) is 113 Å². The zero-order valence-electron chi connectivity index (χ0n) is 20.4. The maximum Gasteiger partial charge on any atom is 0.251 e. The lowest BCUT2D eigenvalue weighted by molar-refractivity contribution is -0.132. The summed E-state index contributed by atoms with van der Waals surface area (Å²) >= 11 is 1.31. The quantitative estimate of drug-likeness (QED) is 0.356. The number of carbonyl (C=O) groups is 2. The Morgan fingerprint density at radius 1 is 1.05 bits per heavy atom. The molecule has 0 bridgehead atoms. The molecular weight excluding hydrogens is 490 g/mol. The summed E-state index contributed by atoms with van der Waals surface area (Å²) in [4.78, 5) is 36.8. The van der Waals surface area contributed by atoms with Gasteiger partial charge in [-0.25, -0.2) is 9.97 Å². The number of hydrogen-bond donors (Lipinski definition) is 1. The van der Waals surface area contributed by atoms with Crippen molar-refractivity contribution in [2.24, 2.45) is 5.73 Å². The molecule has 190 valence electrons. The molecule has 0 saturated carbocycles.